The summed E-state index contributed by atoms with van der Waals surface area (Å²) in [6.45, 7) is 5.10. The standard InChI is InChI=1S/C13H29N3O3S/c1-3-14-9-6-11-16(2)20(17,18)15-10-12-19-13-7-4-5-8-13/h13-15H,3-12H2,1-2H3. The van der Waals surface area contributed by atoms with Crippen LogP contribution in [-0.4, -0.2) is 58.7 Å². The fourth-order valence-electron chi connectivity index (χ4n) is 2.29. The molecule has 0 aliphatic heterocycles. The zero-order valence-corrected chi connectivity index (χ0v) is 13.5. The molecule has 2 N–H and O–H groups in total. The van der Waals surface area contributed by atoms with Gasteiger partial charge in [-0.2, -0.15) is 17.4 Å². The molecule has 0 radical (unpaired) electrons. The van der Waals surface area contributed by atoms with Crippen LogP contribution < -0.4 is 10.0 Å². The van der Waals surface area contributed by atoms with Gasteiger partial charge in [0, 0.05) is 20.1 Å². The maximum absolute atomic E-state index is 11.9. The first-order chi connectivity index (χ1) is 9.56. The van der Waals surface area contributed by atoms with Crippen LogP contribution in [0.4, 0.5) is 0 Å². The maximum Gasteiger partial charge on any atom is 0.279 e. The predicted octanol–water partition coefficient (Wildman–Crippen LogP) is 0.711. The van der Waals surface area contributed by atoms with E-state index in [4.69, 9.17) is 4.74 Å². The molecule has 0 spiro atoms. The van der Waals surface area contributed by atoms with E-state index in [1.807, 2.05) is 6.92 Å². The first-order valence-electron chi connectivity index (χ1n) is 7.59. The van der Waals surface area contributed by atoms with Crippen molar-refractivity contribution < 1.29 is 13.2 Å². The van der Waals surface area contributed by atoms with E-state index < -0.39 is 10.2 Å². The second kappa shape index (κ2) is 9.68. The van der Waals surface area contributed by atoms with E-state index >= 15 is 0 Å². The lowest BCUT2D eigenvalue weighted by Gasteiger charge is -2.18. The molecule has 0 saturated heterocycles. The van der Waals surface area contributed by atoms with Crippen LogP contribution in [0.25, 0.3) is 0 Å². The van der Waals surface area contributed by atoms with Gasteiger partial charge in [0.2, 0.25) is 0 Å². The molecule has 0 atom stereocenters. The molecule has 20 heavy (non-hydrogen) atoms. The summed E-state index contributed by atoms with van der Waals surface area (Å²) in [6, 6.07) is 0. The van der Waals surface area contributed by atoms with Gasteiger partial charge in [-0.15, -0.1) is 0 Å². The second-order valence-electron chi connectivity index (χ2n) is 5.21. The zero-order chi connectivity index (χ0) is 14.8. The molecule has 0 amide bonds. The highest BCUT2D eigenvalue weighted by molar-refractivity contribution is 7.87. The second-order valence-corrected chi connectivity index (χ2v) is 7.07. The molecule has 6 nitrogen and oxygen atoms in total. The van der Waals surface area contributed by atoms with Crippen LogP contribution in [0.3, 0.4) is 0 Å². The molecule has 120 valence electrons. The van der Waals surface area contributed by atoms with Crippen molar-refractivity contribution in [2.45, 2.75) is 45.1 Å². The molecule has 0 aromatic heterocycles. The van der Waals surface area contributed by atoms with E-state index in [0.717, 1.165) is 32.4 Å². The monoisotopic (exact) mass is 307 g/mol. The van der Waals surface area contributed by atoms with Gasteiger partial charge < -0.3 is 10.1 Å². The number of hydrogen-bond donors (Lipinski definition) is 2. The topological polar surface area (TPSA) is 70.7 Å². The Morgan fingerprint density at radius 2 is 1.95 bits per heavy atom. The minimum atomic E-state index is -3.37. The number of nitrogens with one attached hydrogen (secondary N) is 2. The molecule has 1 fully saturated rings. The summed E-state index contributed by atoms with van der Waals surface area (Å²) in [5.41, 5.74) is 0. The summed E-state index contributed by atoms with van der Waals surface area (Å²) in [6.07, 6.45) is 5.81. The lowest BCUT2D eigenvalue weighted by molar-refractivity contribution is 0.0624. The Balaban J connectivity index is 2.12. The lowest BCUT2D eigenvalue weighted by atomic mass is 10.3. The SMILES string of the molecule is CCNCCCN(C)S(=O)(=O)NCCOC1CCCC1. The van der Waals surface area contributed by atoms with E-state index in [1.54, 1.807) is 7.05 Å². The molecule has 0 bridgehead atoms. The van der Waals surface area contributed by atoms with Crippen LogP contribution >= 0.6 is 0 Å². The summed E-state index contributed by atoms with van der Waals surface area (Å²) in [7, 11) is -1.76. The maximum atomic E-state index is 11.9. The Bertz CT molecular complexity index is 343. The summed E-state index contributed by atoms with van der Waals surface area (Å²) in [5, 5.41) is 3.18. The minimum Gasteiger partial charge on any atom is -0.377 e. The molecular formula is C13H29N3O3S. The number of ether oxygens (including phenoxy) is 1. The van der Waals surface area contributed by atoms with Crippen LogP contribution in [0, 0.1) is 0 Å². The molecule has 1 aliphatic carbocycles. The molecule has 1 aliphatic rings. The van der Waals surface area contributed by atoms with Gasteiger partial charge >= 0.3 is 0 Å². The molecule has 0 unspecified atom stereocenters. The van der Waals surface area contributed by atoms with Crippen LogP contribution in [-0.2, 0) is 14.9 Å². The van der Waals surface area contributed by atoms with Gasteiger partial charge in [-0.25, -0.2) is 0 Å². The fraction of sp³-hybridized carbons (Fsp3) is 1.00. The normalized spacial score (nSPS) is 17.1. The van der Waals surface area contributed by atoms with E-state index in [1.165, 1.54) is 17.1 Å². The summed E-state index contributed by atoms with van der Waals surface area (Å²) in [4.78, 5) is 0. The smallest absolute Gasteiger partial charge is 0.279 e. The first-order valence-corrected chi connectivity index (χ1v) is 9.03. The van der Waals surface area contributed by atoms with Gasteiger partial charge in [-0.1, -0.05) is 19.8 Å². The van der Waals surface area contributed by atoms with Crippen molar-refractivity contribution in [2.75, 3.05) is 39.8 Å². The van der Waals surface area contributed by atoms with E-state index in [2.05, 4.69) is 10.0 Å². The zero-order valence-electron chi connectivity index (χ0n) is 12.7. The van der Waals surface area contributed by atoms with Gasteiger partial charge in [-0.05, 0) is 32.4 Å². The highest BCUT2D eigenvalue weighted by Gasteiger charge is 2.18. The fourth-order valence-corrected chi connectivity index (χ4v) is 3.22. The van der Waals surface area contributed by atoms with Crippen molar-refractivity contribution in [1.82, 2.24) is 14.3 Å². The van der Waals surface area contributed by atoms with E-state index in [0.29, 0.717) is 25.8 Å². The first kappa shape index (κ1) is 17.8. The van der Waals surface area contributed by atoms with Crippen LogP contribution in [0.2, 0.25) is 0 Å². The third-order valence-corrected chi connectivity index (χ3v) is 5.10. The van der Waals surface area contributed by atoms with E-state index in [-0.39, 0.29) is 0 Å². The molecular weight excluding hydrogens is 278 g/mol. The third-order valence-electron chi connectivity index (χ3n) is 3.53. The summed E-state index contributed by atoms with van der Waals surface area (Å²) >= 11 is 0. The van der Waals surface area contributed by atoms with Crippen LogP contribution in [0.5, 0.6) is 0 Å². The predicted molar refractivity (Wildman–Crippen MR) is 80.9 cm³/mol. The summed E-state index contributed by atoms with van der Waals surface area (Å²) in [5.74, 6) is 0. The molecule has 0 heterocycles. The molecule has 7 heteroatoms. The average molecular weight is 307 g/mol. The summed E-state index contributed by atoms with van der Waals surface area (Å²) < 4.78 is 33.4. The quantitative estimate of drug-likeness (QED) is 0.552. The number of rotatable bonds is 11. The molecule has 1 saturated carbocycles. The van der Waals surface area contributed by atoms with Gasteiger partial charge in [0.15, 0.2) is 0 Å². The molecule has 0 aromatic rings. The highest BCUT2D eigenvalue weighted by atomic mass is 32.2. The van der Waals surface area contributed by atoms with Gasteiger partial charge in [0.1, 0.15) is 0 Å². The van der Waals surface area contributed by atoms with Crippen LogP contribution in [0.1, 0.15) is 39.0 Å². The Kier molecular flexibility index (Phi) is 8.63. The third kappa shape index (κ3) is 6.99. The molecule has 1 rings (SSSR count). The minimum absolute atomic E-state index is 0.331. The van der Waals surface area contributed by atoms with Crippen molar-refractivity contribution in [1.29, 1.82) is 0 Å². The Morgan fingerprint density at radius 1 is 1.25 bits per heavy atom. The average Bonchev–Trinajstić information content (AvgIpc) is 2.92. The number of hydrogen-bond acceptors (Lipinski definition) is 4. The van der Waals surface area contributed by atoms with Crippen LogP contribution in [0.15, 0.2) is 0 Å². The Morgan fingerprint density at radius 3 is 2.60 bits per heavy atom. The largest absolute Gasteiger partial charge is 0.377 e. The van der Waals surface area contributed by atoms with Crippen molar-refractivity contribution in [2.24, 2.45) is 0 Å². The van der Waals surface area contributed by atoms with Crippen molar-refractivity contribution in [3.8, 4) is 0 Å². The number of nitrogens with zero attached hydrogens (tertiary/aromatic N) is 1. The molecule has 0 aromatic carbocycles. The lowest BCUT2D eigenvalue weighted by Crippen LogP contribution is -2.40. The Hall–Kier alpha value is -0.210. The van der Waals surface area contributed by atoms with Gasteiger partial charge in [-0.3, -0.25) is 0 Å². The van der Waals surface area contributed by atoms with Gasteiger partial charge in [0.05, 0.1) is 12.7 Å². The Labute approximate surface area is 123 Å². The van der Waals surface area contributed by atoms with Crippen molar-refractivity contribution >= 4 is 10.2 Å². The van der Waals surface area contributed by atoms with E-state index in [9.17, 15) is 8.42 Å². The van der Waals surface area contributed by atoms with Crippen molar-refractivity contribution in [3.05, 3.63) is 0 Å². The van der Waals surface area contributed by atoms with Crippen molar-refractivity contribution in [3.63, 3.8) is 0 Å². The van der Waals surface area contributed by atoms with Gasteiger partial charge in [0.25, 0.3) is 10.2 Å². The highest BCUT2D eigenvalue weighted by Crippen LogP contribution is 2.20.